The molecule has 1 aliphatic heterocycles. The topological polar surface area (TPSA) is 48.6 Å². The van der Waals surface area contributed by atoms with Crippen LogP contribution in [0.4, 0.5) is 5.69 Å². The van der Waals surface area contributed by atoms with E-state index in [0.29, 0.717) is 12.2 Å². The molecule has 1 amide bonds. The third-order valence-electron chi connectivity index (χ3n) is 4.01. The lowest BCUT2D eigenvalue weighted by Crippen LogP contribution is -2.46. The molecule has 2 heterocycles. The summed E-state index contributed by atoms with van der Waals surface area (Å²) in [5, 5.41) is 0. The Kier molecular flexibility index (Phi) is 4.61. The molecule has 0 radical (unpaired) electrons. The van der Waals surface area contributed by atoms with Crippen LogP contribution in [-0.4, -0.2) is 48.6 Å². The van der Waals surface area contributed by atoms with Crippen LogP contribution in [0, 0.1) is 0 Å². The lowest BCUT2D eigenvalue weighted by molar-refractivity contribution is 0.0704. The van der Waals surface area contributed by atoms with Gasteiger partial charge < -0.3 is 19.5 Å². The third-order valence-corrected chi connectivity index (χ3v) is 4.47. The summed E-state index contributed by atoms with van der Waals surface area (Å²) < 4.78 is 6.94. The van der Waals surface area contributed by atoms with Gasteiger partial charge in [0.15, 0.2) is 0 Å². The number of halogens is 1. The number of aromatic nitrogens is 1. The number of ether oxygens (including phenoxy) is 1. The molecular formula is C17H20BrN3O2. The minimum absolute atomic E-state index is 0.0405. The summed E-state index contributed by atoms with van der Waals surface area (Å²) in [5.74, 6) is 0.843. The Morgan fingerprint density at radius 1 is 1.48 bits per heavy atom. The zero-order valence-corrected chi connectivity index (χ0v) is 14.8. The predicted molar refractivity (Wildman–Crippen MR) is 94.2 cm³/mol. The second kappa shape index (κ2) is 6.66. The number of fused-ring (bicyclic) bond motifs is 1. The number of carbonyl (C=O) groups excluding carboxylic acids is 1. The van der Waals surface area contributed by atoms with Gasteiger partial charge in [-0.15, -0.1) is 0 Å². The number of nitrogens with zero attached hydrogens (tertiary/aromatic N) is 2. The summed E-state index contributed by atoms with van der Waals surface area (Å²) in [4.78, 5) is 19.4. The maximum absolute atomic E-state index is 12.4. The average Bonchev–Trinajstić information content (AvgIpc) is 2.99. The summed E-state index contributed by atoms with van der Waals surface area (Å²) in [7, 11) is 1.80. The Labute approximate surface area is 144 Å². The predicted octanol–water partition coefficient (Wildman–Crippen LogP) is 3.14. The number of nitrogens with one attached hydrogen (secondary N) is 1. The van der Waals surface area contributed by atoms with E-state index in [0.717, 1.165) is 29.0 Å². The quantitative estimate of drug-likeness (QED) is 0.890. The summed E-state index contributed by atoms with van der Waals surface area (Å²) in [6, 6.07) is 9.83. The van der Waals surface area contributed by atoms with Gasteiger partial charge in [0.2, 0.25) is 0 Å². The van der Waals surface area contributed by atoms with Gasteiger partial charge in [0.1, 0.15) is 17.5 Å². The van der Waals surface area contributed by atoms with E-state index in [1.807, 2.05) is 18.2 Å². The van der Waals surface area contributed by atoms with Gasteiger partial charge in [-0.2, -0.15) is 0 Å². The molecule has 0 unspecified atom stereocenters. The smallest absolute Gasteiger partial charge is 0.270 e. The van der Waals surface area contributed by atoms with Crippen LogP contribution in [0.5, 0.6) is 5.75 Å². The van der Waals surface area contributed by atoms with Crippen molar-refractivity contribution in [3.05, 3.63) is 46.7 Å². The molecule has 0 fully saturated rings. The van der Waals surface area contributed by atoms with E-state index in [4.69, 9.17) is 4.74 Å². The van der Waals surface area contributed by atoms with Crippen LogP contribution < -0.4 is 9.64 Å². The summed E-state index contributed by atoms with van der Waals surface area (Å²) in [6.45, 7) is 4.36. The first kappa shape index (κ1) is 15.9. The molecule has 23 heavy (non-hydrogen) atoms. The highest BCUT2D eigenvalue weighted by molar-refractivity contribution is 9.10. The molecule has 1 atom stereocenters. The number of rotatable bonds is 4. The Hall–Kier alpha value is -1.95. The van der Waals surface area contributed by atoms with Crippen molar-refractivity contribution in [3.63, 3.8) is 0 Å². The standard InChI is InChI=1S/C17H20BrN3O2/c1-3-21-11-13(23-16-7-5-4-6-15(16)21)10-20(2)17(22)14-8-12(18)9-19-14/h4-9,13,19H,3,10-11H2,1-2H3/t13-/m0/s1. The molecule has 6 heteroatoms. The Balaban J connectivity index is 1.70. The van der Waals surface area contributed by atoms with Crippen LogP contribution in [0.1, 0.15) is 17.4 Å². The van der Waals surface area contributed by atoms with Crippen LogP contribution in [0.3, 0.4) is 0 Å². The number of carbonyl (C=O) groups is 1. The van der Waals surface area contributed by atoms with Crippen molar-refractivity contribution >= 4 is 27.5 Å². The van der Waals surface area contributed by atoms with E-state index in [-0.39, 0.29) is 12.0 Å². The molecule has 0 saturated heterocycles. The van der Waals surface area contributed by atoms with Crippen molar-refractivity contribution in [2.75, 3.05) is 31.6 Å². The number of hydrogen-bond acceptors (Lipinski definition) is 3. The highest BCUT2D eigenvalue weighted by Crippen LogP contribution is 2.32. The van der Waals surface area contributed by atoms with Gasteiger partial charge in [-0.25, -0.2) is 0 Å². The molecule has 1 aromatic carbocycles. The van der Waals surface area contributed by atoms with E-state index < -0.39 is 0 Å². The maximum atomic E-state index is 12.4. The van der Waals surface area contributed by atoms with Crippen molar-refractivity contribution in [1.29, 1.82) is 0 Å². The second-order valence-corrected chi connectivity index (χ2v) is 6.58. The minimum Gasteiger partial charge on any atom is -0.485 e. The zero-order chi connectivity index (χ0) is 16.4. The molecule has 122 valence electrons. The van der Waals surface area contributed by atoms with Gasteiger partial charge in [-0.05, 0) is 41.1 Å². The van der Waals surface area contributed by atoms with E-state index in [1.165, 1.54) is 0 Å². The Morgan fingerprint density at radius 3 is 2.96 bits per heavy atom. The molecule has 0 aliphatic carbocycles. The summed E-state index contributed by atoms with van der Waals surface area (Å²) >= 11 is 3.35. The Bertz CT molecular complexity index is 701. The van der Waals surface area contributed by atoms with Crippen LogP contribution in [0.25, 0.3) is 0 Å². The lowest BCUT2D eigenvalue weighted by Gasteiger charge is -2.37. The van der Waals surface area contributed by atoms with Crippen molar-refractivity contribution in [2.24, 2.45) is 0 Å². The normalized spacial score (nSPS) is 16.7. The first-order valence-corrected chi connectivity index (χ1v) is 8.47. The average molecular weight is 378 g/mol. The zero-order valence-electron chi connectivity index (χ0n) is 13.3. The van der Waals surface area contributed by atoms with E-state index in [2.05, 4.69) is 38.8 Å². The molecule has 2 aromatic rings. The number of amides is 1. The minimum atomic E-state index is -0.0443. The summed E-state index contributed by atoms with van der Waals surface area (Å²) in [5.41, 5.74) is 1.69. The fourth-order valence-corrected chi connectivity index (χ4v) is 3.20. The molecule has 0 spiro atoms. The molecule has 0 bridgehead atoms. The van der Waals surface area contributed by atoms with Crippen LogP contribution >= 0.6 is 15.9 Å². The molecule has 0 saturated carbocycles. The first-order valence-electron chi connectivity index (χ1n) is 7.68. The lowest BCUT2D eigenvalue weighted by atomic mass is 10.2. The highest BCUT2D eigenvalue weighted by Gasteiger charge is 2.27. The van der Waals surface area contributed by atoms with E-state index in [1.54, 1.807) is 24.2 Å². The number of aromatic amines is 1. The van der Waals surface area contributed by atoms with Gasteiger partial charge in [0.05, 0.1) is 18.8 Å². The maximum Gasteiger partial charge on any atom is 0.270 e. The Morgan fingerprint density at radius 2 is 2.26 bits per heavy atom. The number of benzene rings is 1. The molecule has 3 rings (SSSR count). The van der Waals surface area contributed by atoms with Crippen molar-refractivity contribution in [2.45, 2.75) is 13.0 Å². The number of hydrogen-bond donors (Lipinski definition) is 1. The fourth-order valence-electron chi connectivity index (χ4n) is 2.86. The third kappa shape index (κ3) is 3.37. The second-order valence-electron chi connectivity index (χ2n) is 5.66. The van der Waals surface area contributed by atoms with E-state index >= 15 is 0 Å². The SMILES string of the molecule is CCN1C[C@H](CN(C)C(=O)c2cc(Br)c[nH]2)Oc2ccccc21. The summed E-state index contributed by atoms with van der Waals surface area (Å²) in [6.07, 6.45) is 1.71. The molecule has 1 aliphatic rings. The van der Waals surface area contributed by atoms with E-state index in [9.17, 15) is 4.79 Å². The number of para-hydroxylation sites is 2. The van der Waals surface area contributed by atoms with Crippen molar-refractivity contribution in [1.82, 2.24) is 9.88 Å². The highest BCUT2D eigenvalue weighted by atomic mass is 79.9. The number of H-pyrrole nitrogens is 1. The molecule has 1 aromatic heterocycles. The van der Waals surface area contributed by atoms with Crippen LogP contribution in [0.2, 0.25) is 0 Å². The van der Waals surface area contributed by atoms with Crippen LogP contribution in [-0.2, 0) is 0 Å². The van der Waals surface area contributed by atoms with Crippen molar-refractivity contribution < 1.29 is 9.53 Å². The molecule has 1 N–H and O–H groups in total. The van der Waals surface area contributed by atoms with Gasteiger partial charge >= 0.3 is 0 Å². The molecular weight excluding hydrogens is 358 g/mol. The fraction of sp³-hybridized carbons (Fsp3) is 0.353. The van der Waals surface area contributed by atoms with Gasteiger partial charge in [0, 0.05) is 24.3 Å². The van der Waals surface area contributed by atoms with Gasteiger partial charge in [-0.1, -0.05) is 12.1 Å². The van der Waals surface area contributed by atoms with Crippen molar-refractivity contribution in [3.8, 4) is 5.75 Å². The number of likely N-dealkylation sites (N-methyl/N-ethyl adjacent to an activating group) is 2. The number of anilines is 1. The van der Waals surface area contributed by atoms with Gasteiger partial charge in [-0.3, -0.25) is 4.79 Å². The van der Waals surface area contributed by atoms with Gasteiger partial charge in [0.25, 0.3) is 5.91 Å². The molecule has 5 nitrogen and oxygen atoms in total. The first-order chi connectivity index (χ1) is 11.1. The largest absolute Gasteiger partial charge is 0.485 e. The van der Waals surface area contributed by atoms with Crippen LogP contribution in [0.15, 0.2) is 41.0 Å². The monoisotopic (exact) mass is 377 g/mol.